The van der Waals surface area contributed by atoms with Gasteiger partial charge in [-0.05, 0) is 12.2 Å². The van der Waals surface area contributed by atoms with Crippen LogP contribution in [0.5, 0.6) is 0 Å². The van der Waals surface area contributed by atoms with Gasteiger partial charge in [0.1, 0.15) is 11.3 Å². The van der Waals surface area contributed by atoms with Gasteiger partial charge >= 0.3 is 0 Å². The van der Waals surface area contributed by atoms with E-state index in [0.717, 1.165) is 0 Å². The molecule has 3 rings (SSSR count). The molecule has 0 radical (unpaired) electrons. The summed E-state index contributed by atoms with van der Waals surface area (Å²) in [6.45, 7) is 0. The van der Waals surface area contributed by atoms with E-state index in [4.69, 9.17) is 12.2 Å². The Labute approximate surface area is 128 Å². The fraction of sp³-hybridized carbons (Fsp3) is 0.0714. The average Bonchev–Trinajstić information content (AvgIpc) is 2.49. The Hall–Kier alpha value is -2.87. The van der Waals surface area contributed by atoms with E-state index in [-0.39, 0.29) is 33.8 Å². The lowest BCUT2D eigenvalue weighted by molar-refractivity contribution is 0.0991. The minimum absolute atomic E-state index is 0.00376. The third-order valence-corrected chi connectivity index (χ3v) is 3.29. The molecular weight excluding hydrogens is 304 g/mol. The lowest BCUT2D eigenvalue weighted by Crippen LogP contribution is -2.22. The molecule has 0 saturated heterocycles. The topological polar surface area (TPSA) is 111 Å². The fourth-order valence-corrected chi connectivity index (χ4v) is 2.24. The number of Topliss-reactive ketones (excluding diaryl/α,β-unsaturated/α-hetero) is 1. The third kappa shape index (κ3) is 2.63. The molecule has 3 N–H and O–H groups in total. The highest BCUT2D eigenvalue weighted by atomic mass is 32.1. The minimum atomic E-state index is -0.534. The van der Waals surface area contributed by atoms with Crippen LogP contribution in [0.4, 0.5) is 0 Å². The standard InChI is InChI=1S/C14H10N4O3S/c19-9(7-4-2-1-3-5-7)6-8-12(20)16-11-10(15-8)13(21)18-14(22)17-11/h1-5H,6H2,(H3,16,17,18,20,21,22). The van der Waals surface area contributed by atoms with Crippen molar-refractivity contribution >= 4 is 29.2 Å². The first-order valence-electron chi connectivity index (χ1n) is 6.38. The lowest BCUT2D eigenvalue weighted by atomic mass is 10.1. The molecule has 8 heteroatoms. The van der Waals surface area contributed by atoms with Crippen molar-refractivity contribution in [2.24, 2.45) is 0 Å². The fourth-order valence-electron chi connectivity index (χ4n) is 2.05. The van der Waals surface area contributed by atoms with Crippen LogP contribution in [0.15, 0.2) is 39.9 Å². The first kappa shape index (κ1) is 14.1. The van der Waals surface area contributed by atoms with Crippen LogP contribution < -0.4 is 11.1 Å². The zero-order chi connectivity index (χ0) is 15.7. The van der Waals surface area contributed by atoms with Crippen LogP contribution in [0.25, 0.3) is 11.2 Å². The predicted octanol–water partition coefficient (Wildman–Crippen LogP) is 1.09. The molecule has 2 aromatic heterocycles. The molecule has 0 amide bonds. The van der Waals surface area contributed by atoms with Gasteiger partial charge < -0.3 is 9.97 Å². The smallest absolute Gasteiger partial charge is 0.279 e. The zero-order valence-corrected chi connectivity index (χ0v) is 12.0. The summed E-state index contributed by atoms with van der Waals surface area (Å²) in [7, 11) is 0. The van der Waals surface area contributed by atoms with E-state index in [1.807, 2.05) is 0 Å². The second kappa shape index (κ2) is 5.49. The van der Waals surface area contributed by atoms with Crippen molar-refractivity contribution in [3.05, 3.63) is 67.1 Å². The number of nitrogens with zero attached hydrogens (tertiary/aromatic N) is 1. The van der Waals surface area contributed by atoms with E-state index in [9.17, 15) is 14.4 Å². The Morgan fingerprint density at radius 1 is 1.05 bits per heavy atom. The van der Waals surface area contributed by atoms with Crippen LogP contribution in [0, 0.1) is 4.77 Å². The number of fused-ring (bicyclic) bond motifs is 1. The number of ketones is 1. The molecule has 0 unspecified atom stereocenters. The van der Waals surface area contributed by atoms with Gasteiger partial charge in [-0.15, -0.1) is 0 Å². The molecule has 110 valence electrons. The predicted molar refractivity (Wildman–Crippen MR) is 82.6 cm³/mol. The molecule has 3 aromatic rings. The molecule has 1 aromatic carbocycles. The molecule has 0 saturated carbocycles. The van der Waals surface area contributed by atoms with E-state index < -0.39 is 11.1 Å². The lowest BCUT2D eigenvalue weighted by Gasteiger charge is -2.02. The summed E-state index contributed by atoms with van der Waals surface area (Å²) >= 11 is 4.82. The highest BCUT2D eigenvalue weighted by Crippen LogP contribution is 2.04. The Balaban J connectivity index is 2.07. The van der Waals surface area contributed by atoms with Crippen LogP contribution in [0.1, 0.15) is 16.1 Å². The van der Waals surface area contributed by atoms with Gasteiger partial charge in [0.15, 0.2) is 16.1 Å². The van der Waals surface area contributed by atoms with Crippen molar-refractivity contribution in [1.82, 2.24) is 19.9 Å². The number of nitrogens with one attached hydrogen (secondary N) is 3. The van der Waals surface area contributed by atoms with E-state index in [0.29, 0.717) is 5.56 Å². The second-order valence-corrected chi connectivity index (χ2v) is 5.02. The Bertz CT molecular complexity index is 1030. The van der Waals surface area contributed by atoms with Gasteiger partial charge in [-0.25, -0.2) is 4.98 Å². The van der Waals surface area contributed by atoms with Gasteiger partial charge in [0.25, 0.3) is 11.1 Å². The number of carbonyl (C=O) groups is 1. The van der Waals surface area contributed by atoms with E-state index in [2.05, 4.69) is 19.9 Å². The van der Waals surface area contributed by atoms with Crippen LogP contribution in [-0.2, 0) is 6.42 Å². The van der Waals surface area contributed by atoms with Gasteiger partial charge in [0.2, 0.25) is 0 Å². The third-order valence-electron chi connectivity index (χ3n) is 3.09. The molecule has 0 aliphatic rings. The van der Waals surface area contributed by atoms with E-state index >= 15 is 0 Å². The van der Waals surface area contributed by atoms with Crippen LogP contribution in [0.2, 0.25) is 0 Å². The summed E-state index contributed by atoms with van der Waals surface area (Å²) in [6, 6.07) is 8.56. The number of aromatic amines is 3. The van der Waals surface area contributed by atoms with Crippen molar-refractivity contribution in [3.63, 3.8) is 0 Å². The van der Waals surface area contributed by atoms with E-state index in [1.165, 1.54) is 0 Å². The molecular formula is C14H10N4O3S. The second-order valence-electron chi connectivity index (χ2n) is 4.61. The number of aromatic nitrogens is 4. The molecule has 0 aliphatic heterocycles. The number of H-pyrrole nitrogens is 3. The summed E-state index contributed by atoms with van der Waals surface area (Å²) in [4.78, 5) is 47.4. The maximum atomic E-state index is 12.1. The molecule has 2 heterocycles. The molecule has 22 heavy (non-hydrogen) atoms. The number of hydrogen-bond donors (Lipinski definition) is 3. The Morgan fingerprint density at radius 2 is 1.77 bits per heavy atom. The van der Waals surface area contributed by atoms with Crippen molar-refractivity contribution in [2.75, 3.05) is 0 Å². The van der Waals surface area contributed by atoms with Gasteiger partial charge in [-0.1, -0.05) is 30.3 Å². The van der Waals surface area contributed by atoms with Gasteiger partial charge in [0, 0.05) is 5.56 Å². The molecule has 0 atom stereocenters. The normalized spacial score (nSPS) is 10.7. The summed E-state index contributed by atoms with van der Waals surface area (Å²) in [5, 5.41) is 0. The van der Waals surface area contributed by atoms with Gasteiger partial charge in [-0.2, -0.15) is 0 Å². The Kier molecular flexibility index (Phi) is 3.51. The summed E-state index contributed by atoms with van der Waals surface area (Å²) in [5.74, 6) is -0.252. The number of benzene rings is 1. The average molecular weight is 314 g/mol. The maximum Gasteiger partial charge on any atom is 0.279 e. The Morgan fingerprint density at radius 3 is 2.50 bits per heavy atom. The maximum absolute atomic E-state index is 12.1. The van der Waals surface area contributed by atoms with Gasteiger partial charge in [0.05, 0.1) is 6.42 Å². The van der Waals surface area contributed by atoms with Crippen LogP contribution in [0.3, 0.4) is 0 Å². The summed E-state index contributed by atoms with van der Waals surface area (Å²) < 4.78 is 0.0862. The SMILES string of the molecule is O=C(Cc1nc2c(=O)[nH]c(=S)[nH]c2[nH]c1=O)c1ccccc1. The van der Waals surface area contributed by atoms with Crippen LogP contribution >= 0.6 is 12.2 Å². The number of carbonyl (C=O) groups excluding carboxylic acids is 1. The quantitative estimate of drug-likeness (QED) is 0.495. The van der Waals surface area contributed by atoms with Crippen molar-refractivity contribution < 1.29 is 4.79 Å². The number of rotatable bonds is 3. The zero-order valence-electron chi connectivity index (χ0n) is 11.2. The summed E-state index contributed by atoms with van der Waals surface area (Å²) in [6.07, 6.45) is -0.190. The first-order chi connectivity index (χ1) is 10.5. The van der Waals surface area contributed by atoms with E-state index in [1.54, 1.807) is 30.3 Å². The monoisotopic (exact) mass is 314 g/mol. The van der Waals surface area contributed by atoms with Crippen molar-refractivity contribution in [2.45, 2.75) is 6.42 Å². The van der Waals surface area contributed by atoms with Gasteiger partial charge in [-0.3, -0.25) is 19.4 Å². The molecule has 0 bridgehead atoms. The van der Waals surface area contributed by atoms with Crippen LogP contribution in [-0.4, -0.2) is 25.7 Å². The molecule has 0 fully saturated rings. The number of hydrogen-bond acceptors (Lipinski definition) is 5. The summed E-state index contributed by atoms with van der Waals surface area (Å²) in [5.41, 5.74) is -0.460. The highest BCUT2D eigenvalue weighted by molar-refractivity contribution is 7.71. The first-order valence-corrected chi connectivity index (χ1v) is 6.79. The molecule has 0 spiro atoms. The highest BCUT2D eigenvalue weighted by Gasteiger charge is 2.13. The van der Waals surface area contributed by atoms with Crippen molar-refractivity contribution in [1.29, 1.82) is 0 Å². The largest absolute Gasteiger partial charge is 0.317 e. The molecule has 7 nitrogen and oxygen atoms in total. The molecule has 0 aliphatic carbocycles. The van der Waals surface area contributed by atoms with Crippen molar-refractivity contribution in [3.8, 4) is 0 Å². The minimum Gasteiger partial charge on any atom is -0.317 e.